The third-order valence-corrected chi connectivity index (χ3v) is 14.0. The molecule has 68 heavy (non-hydrogen) atoms. The average Bonchev–Trinajstić information content (AvgIpc) is 3.25. The van der Waals surface area contributed by atoms with Gasteiger partial charge in [0.2, 0.25) is 0 Å². The molecule has 2 saturated carbocycles. The zero-order valence-corrected chi connectivity index (χ0v) is 40.6. The second-order valence-electron chi connectivity index (χ2n) is 20.2. The number of nitrogens with one attached hydrogen (secondary N) is 1. The van der Waals surface area contributed by atoms with Crippen LogP contribution in [0.25, 0.3) is 0 Å². The Morgan fingerprint density at radius 1 is 0.956 bits per heavy atom. The van der Waals surface area contributed by atoms with Crippen molar-refractivity contribution in [3.63, 3.8) is 0 Å². The lowest BCUT2D eigenvalue weighted by molar-refractivity contribution is -0.346. The Hall–Kier alpha value is -5.62. The smallest absolute Gasteiger partial charge is 0.408 e. The van der Waals surface area contributed by atoms with Crippen LogP contribution >= 0.6 is 0 Å². The molecule has 11 atom stereocenters. The van der Waals surface area contributed by atoms with Gasteiger partial charge in [0.1, 0.15) is 35.3 Å². The highest BCUT2D eigenvalue weighted by atomic mass is 16.6. The number of aliphatic hydroxyl groups excluding tert-OH is 2. The molecule has 0 spiro atoms. The molecule has 1 aliphatic heterocycles. The number of fused-ring (bicyclic) bond motifs is 5. The molecule has 1 saturated heterocycles. The number of amides is 1. The monoisotopic (exact) mass is 947 g/mol. The number of methoxy groups -OCH3 is 1. The number of aryl methyl sites for hydroxylation is 1. The molecule has 2 aromatic carbocycles. The minimum atomic E-state index is -2.44. The van der Waals surface area contributed by atoms with Crippen molar-refractivity contribution in [1.29, 1.82) is 0 Å². The molecule has 6 rings (SSSR count). The molecule has 0 radical (unpaired) electrons. The van der Waals surface area contributed by atoms with E-state index in [4.69, 9.17) is 33.2 Å². The molecule has 370 valence electrons. The molecule has 0 unspecified atom stereocenters. The van der Waals surface area contributed by atoms with E-state index in [1.165, 1.54) is 39.2 Å². The van der Waals surface area contributed by atoms with E-state index in [-0.39, 0.29) is 42.6 Å². The van der Waals surface area contributed by atoms with E-state index >= 15 is 4.79 Å². The number of aliphatic hydroxyl groups is 3. The summed E-state index contributed by atoms with van der Waals surface area (Å²) in [4.78, 5) is 85.0. The Labute approximate surface area is 396 Å². The highest BCUT2D eigenvalue weighted by molar-refractivity contribution is 5.96. The molecule has 1 heterocycles. The van der Waals surface area contributed by atoms with Crippen LogP contribution in [-0.4, -0.2) is 124 Å². The molecule has 17 nitrogen and oxygen atoms in total. The average molecular weight is 948 g/mol. The van der Waals surface area contributed by atoms with Crippen molar-refractivity contribution in [2.24, 2.45) is 16.7 Å². The van der Waals surface area contributed by atoms with Gasteiger partial charge in [-0.05, 0) is 89.8 Å². The maximum absolute atomic E-state index is 15.9. The minimum Gasteiger partial charge on any atom is -0.496 e. The van der Waals surface area contributed by atoms with Crippen molar-refractivity contribution in [2.75, 3.05) is 13.7 Å². The molecular formula is C51H65NO16. The lowest BCUT2D eigenvalue weighted by atomic mass is 9.44. The van der Waals surface area contributed by atoms with Crippen molar-refractivity contribution in [1.82, 2.24) is 5.32 Å². The number of esters is 4. The molecule has 17 heteroatoms. The van der Waals surface area contributed by atoms with Crippen molar-refractivity contribution >= 4 is 35.8 Å². The van der Waals surface area contributed by atoms with E-state index in [1.807, 2.05) is 0 Å². The van der Waals surface area contributed by atoms with E-state index in [1.54, 1.807) is 90.9 Å². The van der Waals surface area contributed by atoms with E-state index in [0.29, 0.717) is 16.9 Å². The third kappa shape index (κ3) is 9.67. The van der Waals surface area contributed by atoms with Crippen LogP contribution in [-0.2, 0) is 54.0 Å². The third-order valence-electron chi connectivity index (χ3n) is 14.0. The molecule has 4 aliphatic rings. The Morgan fingerprint density at radius 2 is 1.60 bits per heavy atom. The summed E-state index contributed by atoms with van der Waals surface area (Å²) >= 11 is 0. The summed E-state index contributed by atoms with van der Waals surface area (Å²) in [6, 6.07) is 13.5. The predicted molar refractivity (Wildman–Crippen MR) is 243 cm³/mol. The zero-order chi connectivity index (χ0) is 50.3. The summed E-state index contributed by atoms with van der Waals surface area (Å²) in [5.74, 6) is -5.80. The summed E-state index contributed by atoms with van der Waals surface area (Å²) in [6.45, 7) is 15.2. The highest BCUT2D eigenvalue weighted by Gasteiger charge is 2.78. The molecule has 4 N–H and O–H groups in total. The topological polar surface area (TPSA) is 240 Å². The van der Waals surface area contributed by atoms with Crippen molar-refractivity contribution in [3.05, 3.63) is 88.5 Å². The summed E-state index contributed by atoms with van der Waals surface area (Å²) in [7, 11) is 1.49. The number of hydrogen-bond acceptors (Lipinski definition) is 16. The Morgan fingerprint density at radius 3 is 2.19 bits per heavy atom. The maximum atomic E-state index is 15.9. The minimum absolute atomic E-state index is 0.0249. The number of alkyl carbamates (subject to hydrolysis) is 1. The highest BCUT2D eigenvalue weighted by Crippen LogP contribution is 2.64. The molecule has 2 bridgehead atoms. The van der Waals surface area contributed by atoms with Gasteiger partial charge in [-0.25, -0.2) is 14.4 Å². The van der Waals surface area contributed by atoms with Gasteiger partial charge in [0, 0.05) is 31.6 Å². The fourth-order valence-corrected chi connectivity index (χ4v) is 10.6. The molecule has 2 aromatic rings. The zero-order valence-electron chi connectivity index (χ0n) is 40.6. The number of hydrogen-bond donors (Lipinski definition) is 4. The van der Waals surface area contributed by atoms with Crippen LogP contribution in [0.15, 0.2) is 77.4 Å². The van der Waals surface area contributed by atoms with Crippen LogP contribution in [0.5, 0.6) is 5.75 Å². The molecule has 3 aliphatic carbocycles. The fraction of sp³-hybridized carbons (Fsp3) is 0.569. The van der Waals surface area contributed by atoms with E-state index < -0.39 is 118 Å². The number of ketones is 1. The van der Waals surface area contributed by atoms with Crippen LogP contribution in [0.1, 0.15) is 104 Å². The summed E-state index contributed by atoms with van der Waals surface area (Å²) in [5, 5.41) is 40.3. The number of ether oxygens (including phenoxy) is 7. The number of carbonyl (C=O) groups excluding carboxylic acids is 6. The van der Waals surface area contributed by atoms with Gasteiger partial charge < -0.3 is 53.8 Å². The van der Waals surface area contributed by atoms with Gasteiger partial charge >= 0.3 is 30.0 Å². The van der Waals surface area contributed by atoms with Gasteiger partial charge in [0.15, 0.2) is 23.6 Å². The molecule has 1 amide bonds. The van der Waals surface area contributed by atoms with Crippen molar-refractivity contribution in [2.45, 2.75) is 154 Å². The van der Waals surface area contributed by atoms with Crippen molar-refractivity contribution in [3.8, 4) is 5.75 Å². The number of para-hydroxylation sites is 1. The van der Waals surface area contributed by atoms with Gasteiger partial charge in [-0.3, -0.25) is 14.4 Å². The lowest BCUT2D eigenvalue weighted by Crippen LogP contribution is -2.82. The fourth-order valence-electron chi connectivity index (χ4n) is 10.6. The van der Waals surface area contributed by atoms with Crippen LogP contribution < -0.4 is 10.1 Å². The molecule has 3 fully saturated rings. The van der Waals surface area contributed by atoms with E-state index in [2.05, 4.69) is 5.32 Å². The number of allylic oxidation sites excluding steroid dienone is 1. The second kappa shape index (κ2) is 19.4. The van der Waals surface area contributed by atoms with E-state index in [9.17, 15) is 39.3 Å². The van der Waals surface area contributed by atoms with Gasteiger partial charge in [-0.1, -0.05) is 61.9 Å². The van der Waals surface area contributed by atoms with Gasteiger partial charge in [0.25, 0.3) is 0 Å². The normalized spacial score (nSPS) is 30.2. The second-order valence-corrected chi connectivity index (χ2v) is 20.2. The summed E-state index contributed by atoms with van der Waals surface area (Å²) < 4.78 is 41.8. The number of Topliss-reactive ketones (excluding diaryl/α,β-unsaturated/α-hetero) is 1. The van der Waals surface area contributed by atoms with E-state index in [0.717, 1.165) is 6.92 Å². The largest absolute Gasteiger partial charge is 0.496 e. The quantitative estimate of drug-likeness (QED) is 0.117. The maximum Gasteiger partial charge on any atom is 0.408 e. The van der Waals surface area contributed by atoms with Gasteiger partial charge in [0.05, 0.1) is 42.8 Å². The van der Waals surface area contributed by atoms with Crippen LogP contribution in [0.4, 0.5) is 4.79 Å². The summed E-state index contributed by atoms with van der Waals surface area (Å²) in [5.41, 5.74) is -7.53. The Balaban J connectivity index is 1.55. The van der Waals surface area contributed by atoms with Crippen LogP contribution in [0, 0.1) is 16.7 Å². The van der Waals surface area contributed by atoms with Crippen LogP contribution in [0.3, 0.4) is 0 Å². The van der Waals surface area contributed by atoms with Gasteiger partial charge in [-0.2, -0.15) is 0 Å². The predicted octanol–water partition coefficient (Wildman–Crippen LogP) is 5.05. The SMILES string of the molecule is COc1ccccc1CCC(=O)O[C@H]1C(=O)[C@@]2(C)[C@H]([C@H](OC(=O)c3ccccc3)[C@]3(O)C[C@H](OC(=O)[C@H](O)[C@H](C=C(C)C)NC(=O)OC(C)(C)C)C(C)=C1C3(C)C)[C@]1(OC(C)=O)CO[C@@H]1C[C@@H]2O. The lowest BCUT2D eigenvalue weighted by Gasteiger charge is -2.67. The number of rotatable bonds is 13. The number of benzene rings is 2. The van der Waals surface area contributed by atoms with Gasteiger partial charge in [-0.15, -0.1) is 0 Å². The molecular weight excluding hydrogens is 883 g/mol. The Kier molecular flexibility index (Phi) is 14.8. The van der Waals surface area contributed by atoms with Crippen molar-refractivity contribution < 1.29 is 77.2 Å². The molecule has 0 aromatic heterocycles. The first-order chi connectivity index (χ1) is 31.7. The first-order valence-corrected chi connectivity index (χ1v) is 22.8. The number of carbonyl (C=O) groups is 6. The first kappa shape index (κ1) is 51.8. The summed E-state index contributed by atoms with van der Waals surface area (Å²) in [6.07, 6.45) is -10.4. The van der Waals surface area contributed by atoms with Crippen LogP contribution in [0.2, 0.25) is 0 Å². The standard InChI is InChI=1S/C51H65NO16/c1-27(2)23-32(52-46(60)68-47(5,6)7)39(56)45(59)64-34-25-51(61)43(66-44(58)31-18-13-12-14-19-31)41-49(10,35(54)24-36-50(41,26-63-36)67-29(4)53)42(57)40(38(28(34)3)48(51,8)9)65-37(55)22-21-30-17-15-16-20-33(30)62-11/h12-20,23,32,34-36,39-41,43,54,56,61H,21-22,24-26H2,1-11H3,(H,52,60)/t32-,34-,35-,36+,39+,40+,41-,43-,49+,50-,51+/m0/s1. The Bertz CT molecular complexity index is 2350. The first-order valence-electron chi connectivity index (χ1n) is 22.8.